The number of hydrogen-bond acceptors (Lipinski definition) is 5. The van der Waals surface area contributed by atoms with Gasteiger partial charge in [0.2, 0.25) is 0 Å². The number of nitriles is 1. The summed E-state index contributed by atoms with van der Waals surface area (Å²) in [5.74, 6) is 0.937. The first-order chi connectivity index (χ1) is 10.0. The molecule has 0 saturated carbocycles. The number of thioether (sulfide) groups is 1. The van der Waals surface area contributed by atoms with Gasteiger partial charge < -0.3 is 4.74 Å². The smallest absolute Gasteiger partial charge is 0.128 e. The molecule has 21 heavy (non-hydrogen) atoms. The summed E-state index contributed by atoms with van der Waals surface area (Å²) in [4.78, 5) is 6.95. The van der Waals surface area contributed by atoms with E-state index >= 15 is 0 Å². The molecule has 0 atom stereocenters. The van der Waals surface area contributed by atoms with Crippen LogP contribution in [0.1, 0.15) is 29.7 Å². The van der Waals surface area contributed by atoms with Crippen LogP contribution in [0.25, 0.3) is 0 Å². The number of aryl methyl sites for hydroxylation is 1. The number of piperidine rings is 1. The minimum Gasteiger partial charge on any atom is -0.496 e. The predicted molar refractivity (Wildman–Crippen MR) is 86.6 cm³/mol. The van der Waals surface area contributed by atoms with Crippen LogP contribution in [-0.2, 0) is 6.54 Å². The Hall–Kier alpha value is -1.25. The van der Waals surface area contributed by atoms with E-state index in [2.05, 4.69) is 22.9 Å². The lowest BCUT2D eigenvalue weighted by Crippen LogP contribution is -2.41. The first-order valence-electron chi connectivity index (χ1n) is 7.23. The fourth-order valence-electron chi connectivity index (χ4n) is 2.88. The van der Waals surface area contributed by atoms with Crippen molar-refractivity contribution in [1.82, 2.24) is 9.88 Å². The number of rotatable bonds is 4. The Labute approximate surface area is 131 Å². The van der Waals surface area contributed by atoms with E-state index in [1.54, 1.807) is 18.9 Å². The summed E-state index contributed by atoms with van der Waals surface area (Å²) in [7, 11) is 1.71. The van der Waals surface area contributed by atoms with Crippen molar-refractivity contribution in [2.75, 3.05) is 26.5 Å². The van der Waals surface area contributed by atoms with Crippen LogP contribution in [0, 0.1) is 25.2 Å². The van der Waals surface area contributed by atoms with E-state index in [1.165, 1.54) is 0 Å². The fraction of sp³-hybridized carbons (Fsp3) is 0.625. The largest absolute Gasteiger partial charge is 0.496 e. The predicted octanol–water partition coefficient (Wildman–Crippen LogP) is 2.93. The Morgan fingerprint density at radius 1 is 1.43 bits per heavy atom. The SMILES string of the molecule is COc1c(C)cnc(CN2CCC(C#N)(SC)CC2)c1C. The van der Waals surface area contributed by atoms with Crippen molar-refractivity contribution in [2.24, 2.45) is 0 Å². The highest BCUT2D eigenvalue weighted by Gasteiger charge is 2.34. The topological polar surface area (TPSA) is 49.1 Å². The molecule has 4 nitrogen and oxygen atoms in total. The first-order valence-corrected chi connectivity index (χ1v) is 8.45. The molecule has 1 aromatic rings. The molecule has 114 valence electrons. The van der Waals surface area contributed by atoms with E-state index in [-0.39, 0.29) is 4.75 Å². The zero-order chi connectivity index (χ0) is 15.5. The maximum Gasteiger partial charge on any atom is 0.128 e. The van der Waals surface area contributed by atoms with E-state index < -0.39 is 0 Å². The van der Waals surface area contributed by atoms with Gasteiger partial charge in [-0.25, -0.2) is 0 Å². The van der Waals surface area contributed by atoms with Crippen LogP contribution >= 0.6 is 11.8 Å². The second-order valence-electron chi connectivity index (χ2n) is 5.63. The molecule has 1 fully saturated rings. The van der Waals surface area contributed by atoms with Crippen molar-refractivity contribution in [3.8, 4) is 11.8 Å². The van der Waals surface area contributed by atoms with Crippen LogP contribution < -0.4 is 4.74 Å². The lowest BCUT2D eigenvalue weighted by molar-refractivity contribution is 0.206. The molecule has 1 saturated heterocycles. The van der Waals surface area contributed by atoms with Crippen LogP contribution in [0.5, 0.6) is 5.75 Å². The minimum absolute atomic E-state index is 0.191. The maximum atomic E-state index is 9.34. The third kappa shape index (κ3) is 3.33. The van der Waals surface area contributed by atoms with Crippen LogP contribution in [0.15, 0.2) is 6.20 Å². The Kier molecular flexibility index (Phi) is 5.13. The van der Waals surface area contributed by atoms with Gasteiger partial charge in [-0.2, -0.15) is 5.26 Å². The molecule has 0 N–H and O–H groups in total. The van der Waals surface area contributed by atoms with Crippen molar-refractivity contribution < 1.29 is 4.74 Å². The van der Waals surface area contributed by atoms with Crippen molar-refractivity contribution in [3.05, 3.63) is 23.0 Å². The number of nitrogens with zero attached hydrogens (tertiary/aromatic N) is 3. The maximum absolute atomic E-state index is 9.34. The normalized spacial score (nSPS) is 18.2. The Morgan fingerprint density at radius 3 is 2.62 bits per heavy atom. The van der Waals surface area contributed by atoms with Crippen molar-refractivity contribution in [3.63, 3.8) is 0 Å². The number of pyridine rings is 1. The van der Waals surface area contributed by atoms with E-state index in [1.807, 2.05) is 19.4 Å². The van der Waals surface area contributed by atoms with Gasteiger partial charge in [-0.3, -0.25) is 9.88 Å². The number of ether oxygens (including phenoxy) is 1. The molecule has 1 aliphatic heterocycles. The molecule has 0 radical (unpaired) electrons. The van der Waals surface area contributed by atoms with Gasteiger partial charge in [-0.1, -0.05) is 0 Å². The summed E-state index contributed by atoms with van der Waals surface area (Å²) < 4.78 is 5.28. The van der Waals surface area contributed by atoms with E-state index in [0.29, 0.717) is 0 Å². The second kappa shape index (κ2) is 6.67. The first kappa shape index (κ1) is 16.1. The third-order valence-corrected chi connectivity index (χ3v) is 5.66. The molecule has 5 heteroatoms. The molecule has 0 spiro atoms. The fourth-order valence-corrected chi connectivity index (χ4v) is 3.56. The van der Waals surface area contributed by atoms with Crippen LogP contribution in [0.3, 0.4) is 0 Å². The summed E-state index contributed by atoms with van der Waals surface area (Å²) in [5.41, 5.74) is 3.27. The summed E-state index contributed by atoms with van der Waals surface area (Å²) >= 11 is 1.69. The van der Waals surface area contributed by atoms with Gasteiger partial charge in [0.1, 0.15) is 10.5 Å². The Morgan fingerprint density at radius 2 is 2.10 bits per heavy atom. The average Bonchev–Trinajstić information content (AvgIpc) is 2.52. The Bertz CT molecular complexity index is 545. The molecule has 0 amide bonds. The van der Waals surface area contributed by atoms with Crippen molar-refractivity contribution in [2.45, 2.75) is 38.0 Å². The van der Waals surface area contributed by atoms with Gasteiger partial charge >= 0.3 is 0 Å². The minimum atomic E-state index is -0.191. The van der Waals surface area contributed by atoms with Crippen LogP contribution in [0.2, 0.25) is 0 Å². The lowest BCUT2D eigenvalue weighted by atomic mass is 9.97. The monoisotopic (exact) mass is 305 g/mol. The second-order valence-corrected chi connectivity index (χ2v) is 6.82. The molecule has 1 aromatic heterocycles. The van der Waals surface area contributed by atoms with Crippen molar-refractivity contribution in [1.29, 1.82) is 5.26 Å². The average molecular weight is 305 g/mol. The Balaban J connectivity index is 2.06. The quantitative estimate of drug-likeness (QED) is 0.856. The molecule has 2 rings (SSSR count). The number of methoxy groups -OCH3 is 1. The highest BCUT2D eigenvalue weighted by atomic mass is 32.2. The van der Waals surface area contributed by atoms with Crippen molar-refractivity contribution >= 4 is 11.8 Å². The van der Waals surface area contributed by atoms with Crippen LogP contribution in [0.4, 0.5) is 0 Å². The van der Waals surface area contributed by atoms with Gasteiger partial charge in [0.15, 0.2) is 0 Å². The van der Waals surface area contributed by atoms with Gasteiger partial charge in [0.05, 0.1) is 18.9 Å². The van der Waals surface area contributed by atoms with E-state index in [9.17, 15) is 5.26 Å². The summed E-state index contributed by atoms with van der Waals surface area (Å²) in [5, 5.41) is 9.34. The molecule has 2 heterocycles. The molecule has 0 aliphatic carbocycles. The zero-order valence-electron chi connectivity index (χ0n) is 13.3. The zero-order valence-corrected chi connectivity index (χ0v) is 14.1. The van der Waals surface area contributed by atoms with Gasteiger partial charge in [-0.05, 0) is 32.9 Å². The molecule has 0 bridgehead atoms. The lowest BCUT2D eigenvalue weighted by Gasteiger charge is -2.36. The highest BCUT2D eigenvalue weighted by Crippen LogP contribution is 2.34. The van der Waals surface area contributed by atoms with Gasteiger partial charge in [0, 0.05) is 37.0 Å². The standard InChI is InChI=1S/C16H23N3OS/c1-12-9-18-14(13(2)15(12)20-3)10-19-7-5-16(11-17,21-4)6-8-19/h9H,5-8,10H2,1-4H3. The van der Waals surface area contributed by atoms with E-state index in [0.717, 1.165) is 55.0 Å². The summed E-state index contributed by atoms with van der Waals surface area (Å²) in [6.07, 6.45) is 5.77. The summed E-state index contributed by atoms with van der Waals surface area (Å²) in [6, 6.07) is 2.49. The van der Waals surface area contributed by atoms with Gasteiger partial charge in [-0.15, -0.1) is 11.8 Å². The number of likely N-dealkylation sites (tertiary alicyclic amines) is 1. The third-order valence-electron chi connectivity index (χ3n) is 4.38. The molecule has 1 aliphatic rings. The number of hydrogen-bond donors (Lipinski definition) is 0. The van der Waals surface area contributed by atoms with Crippen LogP contribution in [-0.4, -0.2) is 41.1 Å². The van der Waals surface area contributed by atoms with Gasteiger partial charge in [0.25, 0.3) is 0 Å². The molecular formula is C16H23N3OS. The van der Waals surface area contributed by atoms with E-state index in [4.69, 9.17) is 4.74 Å². The molecule has 0 aromatic carbocycles. The molecule has 0 unspecified atom stereocenters. The number of aromatic nitrogens is 1. The highest BCUT2D eigenvalue weighted by molar-refractivity contribution is 8.00. The summed E-state index contributed by atoms with van der Waals surface area (Å²) in [6.45, 7) is 6.82. The molecular weight excluding hydrogens is 282 g/mol.